The van der Waals surface area contributed by atoms with Crippen molar-refractivity contribution in [2.24, 2.45) is 5.73 Å². The minimum atomic E-state index is -0.217. The Morgan fingerprint density at radius 2 is 1.84 bits per heavy atom. The van der Waals surface area contributed by atoms with Gasteiger partial charge >= 0.3 is 0 Å². The number of rotatable bonds is 4. The lowest BCUT2D eigenvalue weighted by Gasteiger charge is -2.29. The van der Waals surface area contributed by atoms with Gasteiger partial charge in [-0.25, -0.2) is 9.37 Å². The summed E-state index contributed by atoms with van der Waals surface area (Å²) in [5.74, 6) is 0.624. The van der Waals surface area contributed by atoms with Gasteiger partial charge in [-0.1, -0.05) is 37.1 Å². The number of nitrogens with zero attached hydrogens (tertiary/aromatic N) is 2. The van der Waals surface area contributed by atoms with Gasteiger partial charge in [0.15, 0.2) is 0 Å². The maximum absolute atomic E-state index is 13.2. The number of nitrogens with two attached hydrogens (primary N) is 1. The number of anilines is 1. The van der Waals surface area contributed by atoms with E-state index in [1.165, 1.54) is 25.0 Å². The third-order valence-electron chi connectivity index (χ3n) is 5.04. The van der Waals surface area contributed by atoms with Crippen LogP contribution in [0.5, 0.6) is 0 Å². The molecule has 4 rings (SSSR count). The second-order valence-electron chi connectivity index (χ2n) is 6.84. The number of nitrogens with one attached hydrogen (secondary N) is 1. The zero-order valence-electron chi connectivity index (χ0n) is 14.2. The molecule has 1 aromatic heterocycles. The quantitative estimate of drug-likeness (QED) is 0.758. The van der Waals surface area contributed by atoms with Gasteiger partial charge in [0, 0.05) is 12.1 Å². The molecule has 0 spiro atoms. The maximum Gasteiger partial charge on any atom is 0.204 e. The van der Waals surface area contributed by atoms with Crippen molar-refractivity contribution in [3.63, 3.8) is 0 Å². The van der Waals surface area contributed by atoms with Gasteiger partial charge in [-0.2, -0.15) is 0 Å². The normalized spacial score (nSPS) is 20.7. The molecule has 1 heterocycles. The van der Waals surface area contributed by atoms with Crippen LogP contribution in [0.2, 0.25) is 0 Å². The largest absolute Gasteiger partial charge is 0.351 e. The van der Waals surface area contributed by atoms with Crippen molar-refractivity contribution in [2.75, 3.05) is 5.32 Å². The molecule has 3 N–H and O–H groups in total. The van der Waals surface area contributed by atoms with Gasteiger partial charge < -0.3 is 15.6 Å². The molecule has 0 unspecified atom stereocenters. The number of aromatic nitrogens is 2. The summed E-state index contributed by atoms with van der Waals surface area (Å²) in [6.45, 7) is 0.644. The number of imidazole rings is 1. The number of para-hydroxylation sites is 2. The van der Waals surface area contributed by atoms with Crippen LogP contribution in [-0.4, -0.2) is 21.6 Å². The lowest BCUT2D eigenvalue weighted by Crippen LogP contribution is -2.43. The number of hydrogen-bond acceptors (Lipinski definition) is 3. The number of hydrogen-bond donors (Lipinski definition) is 2. The summed E-state index contributed by atoms with van der Waals surface area (Å²) in [7, 11) is 0. The summed E-state index contributed by atoms with van der Waals surface area (Å²) >= 11 is 0. The highest BCUT2D eigenvalue weighted by Gasteiger charge is 2.23. The van der Waals surface area contributed by atoms with Gasteiger partial charge in [-0.15, -0.1) is 0 Å². The van der Waals surface area contributed by atoms with Crippen molar-refractivity contribution in [1.29, 1.82) is 0 Å². The second kappa shape index (κ2) is 6.84. The van der Waals surface area contributed by atoms with E-state index in [0.717, 1.165) is 35.4 Å². The summed E-state index contributed by atoms with van der Waals surface area (Å²) < 4.78 is 15.4. The monoisotopic (exact) mass is 338 g/mol. The number of benzene rings is 2. The Balaban J connectivity index is 1.68. The molecule has 0 amide bonds. The molecule has 0 radical (unpaired) electrons. The SMILES string of the molecule is N[C@@H]1CCCC[C@@H]1Nc1nc2ccccc2n1Cc1ccc(F)cc1. The van der Waals surface area contributed by atoms with Crippen molar-refractivity contribution < 1.29 is 4.39 Å². The van der Waals surface area contributed by atoms with Crippen LogP contribution in [0.15, 0.2) is 48.5 Å². The van der Waals surface area contributed by atoms with Crippen LogP contribution in [0.1, 0.15) is 31.2 Å². The van der Waals surface area contributed by atoms with Crippen LogP contribution in [0.4, 0.5) is 10.3 Å². The van der Waals surface area contributed by atoms with Gasteiger partial charge in [-0.05, 0) is 42.7 Å². The zero-order valence-corrected chi connectivity index (χ0v) is 14.2. The first-order valence-electron chi connectivity index (χ1n) is 8.92. The highest BCUT2D eigenvalue weighted by atomic mass is 19.1. The molecular weight excluding hydrogens is 315 g/mol. The average Bonchev–Trinajstić information content (AvgIpc) is 2.96. The van der Waals surface area contributed by atoms with E-state index >= 15 is 0 Å². The molecule has 4 nitrogen and oxygen atoms in total. The third kappa shape index (κ3) is 3.37. The molecule has 130 valence electrons. The summed E-state index contributed by atoms with van der Waals surface area (Å²) in [6.07, 6.45) is 4.52. The van der Waals surface area contributed by atoms with Crippen molar-refractivity contribution in [3.05, 3.63) is 59.9 Å². The minimum Gasteiger partial charge on any atom is -0.351 e. The zero-order chi connectivity index (χ0) is 17.2. The van der Waals surface area contributed by atoms with Gasteiger partial charge in [0.2, 0.25) is 5.95 Å². The molecule has 0 saturated heterocycles. The second-order valence-corrected chi connectivity index (χ2v) is 6.84. The molecule has 5 heteroatoms. The van der Waals surface area contributed by atoms with E-state index < -0.39 is 0 Å². The fourth-order valence-corrected chi connectivity index (χ4v) is 3.62. The molecule has 25 heavy (non-hydrogen) atoms. The molecule has 1 saturated carbocycles. The summed E-state index contributed by atoms with van der Waals surface area (Å²) in [4.78, 5) is 4.78. The minimum absolute atomic E-state index is 0.160. The molecular formula is C20H23FN4. The van der Waals surface area contributed by atoms with Crippen molar-refractivity contribution in [1.82, 2.24) is 9.55 Å². The van der Waals surface area contributed by atoms with Gasteiger partial charge in [0.25, 0.3) is 0 Å². The van der Waals surface area contributed by atoms with Crippen molar-refractivity contribution in [2.45, 2.75) is 44.3 Å². The smallest absolute Gasteiger partial charge is 0.204 e. The number of halogens is 1. The Labute approximate surface area is 146 Å². The predicted molar refractivity (Wildman–Crippen MR) is 99.1 cm³/mol. The van der Waals surface area contributed by atoms with Crippen LogP contribution in [0, 0.1) is 5.82 Å². The number of fused-ring (bicyclic) bond motifs is 1. The lowest BCUT2D eigenvalue weighted by atomic mass is 9.91. The van der Waals surface area contributed by atoms with E-state index in [2.05, 4.69) is 16.0 Å². The first-order chi connectivity index (χ1) is 12.2. The molecule has 2 atom stereocenters. The van der Waals surface area contributed by atoms with E-state index in [4.69, 9.17) is 10.7 Å². The molecule has 2 aromatic carbocycles. The molecule has 0 aliphatic heterocycles. The highest BCUT2D eigenvalue weighted by Crippen LogP contribution is 2.25. The van der Waals surface area contributed by atoms with Gasteiger partial charge in [0.1, 0.15) is 5.82 Å². The fraction of sp³-hybridized carbons (Fsp3) is 0.350. The van der Waals surface area contributed by atoms with Gasteiger partial charge in [-0.3, -0.25) is 0 Å². The molecule has 0 bridgehead atoms. The van der Waals surface area contributed by atoms with Crippen molar-refractivity contribution in [3.8, 4) is 0 Å². The molecule has 1 aliphatic carbocycles. The van der Waals surface area contributed by atoms with Crippen LogP contribution in [-0.2, 0) is 6.54 Å². The van der Waals surface area contributed by atoms with Crippen LogP contribution < -0.4 is 11.1 Å². The van der Waals surface area contributed by atoms with E-state index in [1.54, 1.807) is 0 Å². The summed E-state index contributed by atoms with van der Waals surface area (Å²) in [5, 5.41) is 3.57. The van der Waals surface area contributed by atoms with Crippen molar-refractivity contribution >= 4 is 17.0 Å². The van der Waals surface area contributed by atoms with Crippen LogP contribution >= 0.6 is 0 Å². The standard InChI is InChI=1S/C20H23FN4/c21-15-11-9-14(10-12-15)13-25-19-8-4-3-7-18(19)24-20(25)23-17-6-2-1-5-16(17)22/h3-4,7-12,16-17H,1-2,5-6,13,22H2,(H,23,24)/t16-,17+/m1/s1. The molecule has 3 aromatic rings. The average molecular weight is 338 g/mol. The summed E-state index contributed by atoms with van der Waals surface area (Å²) in [6, 6.07) is 15.1. The first-order valence-corrected chi connectivity index (χ1v) is 8.92. The Kier molecular flexibility index (Phi) is 4.40. The van der Waals surface area contributed by atoms with Gasteiger partial charge in [0.05, 0.1) is 17.6 Å². The Hall–Kier alpha value is -2.40. The summed E-state index contributed by atoms with van der Waals surface area (Å²) in [5.41, 5.74) is 9.36. The topological polar surface area (TPSA) is 55.9 Å². The molecule has 1 aliphatic rings. The Morgan fingerprint density at radius 1 is 1.08 bits per heavy atom. The van der Waals surface area contributed by atoms with E-state index in [0.29, 0.717) is 6.54 Å². The third-order valence-corrected chi connectivity index (χ3v) is 5.04. The van der Waals surface area contributed by atoms with E-state index in [9.17, 15) is 4.39 Å². The lowest BCUT2D eigenvalue weighted by molar-refractivity contribution is 0.401. The molecule has 1 fully saturated rings. The highest BCUT2D eigenvalue weighted by molar-refractivity contribution is 5.78. The Bertz CT molecular complexity index is 856. The maximum atomic E-state index is 13.2. The Morgan fingerprint density at radius 3 is 2.64 bits per heavy atom. The van der Waals surface area contributed by atoms with E-state index in [-0.39, 0.29) is 17.9 Å². The van der Waals surface area contributed by atoms with Crippen LogP contribution in [0.25, 0.3) is 11.0 Å². The predicted octanol–water partition coefficient (Wildman–Crippen LogP) is 3.91. The first kappa shape index (κ1) is 16.1. The van der Waals surface area contributed by atoms with E-state index in [1.807, 2.05) is 30.3 Å². The fourth-order valence-electron chi connectivity index (χ4n) is 3.62. The van der Waals surface area contributed by atoms with Crippen LogP contribution in [0.3, 0.4) is 0 Å².